The number of rotatable bonds is 5. The van der Waals surface area contributed by atoms with Crippen LogP contribution in [0.1, 0.15) is 22.4 Å². The Kier molecular flexibility index (Phi) is 6.16. The normalized spacial score (nSPS) is 14.6. The number of hydrogen-bond donors (Lipinski definition) is 0. The summed E-state index contributed by atoms with van der Waals surface area (Å²) >= 11 is 0. The molecule has 6 nitrogen and oxygen atoms in total. The van der Waals surface area contributed by atoms with Crippen LogP contribution in [0.15, 0.2) is 60.8 Å². The largest absolute Gasteiger partial charge is 0.339 e. The fraction of sp³-hybridized carbons (Fsp3) is 0.321. The molecule has 0 unspecified atom stereocenters. The summed E-state index contributed by atoms with van der Waals surface area (Å²) in [5.41, 5.74) is 7.81. The summed E-state index contributed by atoms with van der Waals surface area (Å²) in [7, 11) is 0. The summed E-state index contributed by atoms with van der Waals surface area (Å²) in [6.45, 7) is 10.6. The number of benzene rings is 2. The van der Waals surface area contributed by atoms with E-state index in [9.17, 15) is 4.79 Å². The SMILES string of the molecule is Cc1ccc(-c2ccnc3c2c(C)nn3CC(=O)N2CCN(Cc3ccccc3C)CC2)cc1. The third kappa shape index (κ3) is 4.46. The Morgan fingerprint density at radius 3 is 2.38 bits per heavy atom. The molecule has 0 saturated carbocycles. The minimum atomic E-state index is 0.0995. The smallest absolute Gasteiger partial charge is 0.244 e. The lowest BCUT2D eigenvalue weighted by Gasteiger charge is -2.35. The van der Waals surface area contributed by atoms with Crippen molar-refractivity contribution < 1.29 is 4.79 Å². The molecule has 0 atom stereocenters. The van der Waals surface area contributed by atoms with Crippen LogP contribution in [0, 0.1) is 20.8 Å². The fourth-order valence-electron chi connectivity index (χ4n) is 4.78. The van der Waals surface area contributed by atoms with E-state index >= 15 is 0 Å². The number of amides is 1. The molecule has 4 aromatic rings. The van der Waals surface area contributed by atoms with Crippen LogP contribution in [0.4, 0.5) is 0 Å². The first-order valence-corrected chi connectivity index (χ1v) is 11.9. The number of pyridine rings is 1. The first-order valence-electron chi connectivity index (χ1n) is 11.9. The van der Waals surface area contributed by atoms with Crippen molar-refractivity contribution in [2.75, 3.05) is 26.2 Å². The monoisotopic (exact) mass is 453 g/mol. The molecule has 1 fully saturated rings. The number of piperazine rings is 1. The highest BCUT2D eigenvalue weighted by molar-refractivity contribution is 5.95. The molecule has 1 saturated heterocycles. The lowest BCUT2D eigenvalue weighted by molar-refractivity contribution is -0.133. The zero-order valence-corrected chi connectivity index (χ0v) is 20.2. The molecule has 3 heterocycles. The molecule has 1 amide bonds. The second-order valence-corrected chi connectivity index (χ2v) is 9.25. The van der Waals surface area contributed by atoms with E-state index in [1.165, 1.54) is 16.7 Å². The van der Waals surface area contributed by atoms with E-state index in [2.05, 4.69) is 72.3 Å². The highest BCUT2D eigenvalue weighted by Gasteiger charge is 2.23. The minimum absolute atomic E-state index is 0.0995. The van der Waals surface area contributed by atoms with E-state index in [-0.39, 0.29) is 12.5 Å². The van der Waals surface area contributed by atoms with E-state index in [0.29, 0.717) is 0 Å². The molecule has 1 aliphatic rings. The van der Waals surface area contributed by atoms with Gasteiger partial charge in [-0.1, -0.05) is 54.1 Å². The Morgan fingerprint density at radius 1 is 0.912 bits per heavy atom. The molecule has 2 aromatic carbocycles. The summed E-state index contributed by atoms with van der Waals surface area (Å²) in [5.74, 6) is 0.0995. The van der Waals surface area contributed by atoms with Crippen LogP contribution in [-0.4, -0.2) is 56.7 Å². The number of fused-ring (bicyclic) bond motifs is 1. The van der Waals surface area contributed by atoms with Crippen LogP contribution in [-0.2, 0) is 17.9 Å². The number of nitrogens with zero attached hydrogens (tertiary/aromatic N) is 5. The van der Waals surface area contributed by atoms with Gasteiger partial charge in [-0.2, -0.15) is 5.10 Å². The van der Waals surface area contributed by atoms with Crippen LogP contribution in [0.25, 0.3) is 22.2 Å². The zero-order chi connectivity index (χ0) is 23.7. The molecular formula is C28H31N5O. The highest BCUT2D eigenvalue weighted by atomic mass is 16.2. The van der Waals surface area contributed by atoms with Gasteiger partial charge in [0.25, 0.3) is 0 Å². The maximum atomic E-state index is 13.2. The molecule has 34 heavy (non-hydrogen) atoms. The standard InChI is InChI=1S/C28H31N5O/c1-20-8-10-23(11-9-20)25-12-13-29-28-27(25)22(3)30-33(28)19-26(34)32-16-14-31(15-17-32)18-24-7-5-4-6-21(24)2/h4-13H,14-19H2,1-3H3. The van der Waals surface area contributed by atoms with E-state index in [4.69, 9.17) is 5.10 Å². The van der Waals surface area contributed by atoms with Crippen LogP contribution in [0.3, 0.4) is 0 Å². The predicted molar refractivity (Wildman–Crippen MR) is 135 cm³/mol. The molecule has 0 bridgehead atoms. The van der Waals surface area contributed by atoms with Crippen molar-refractivity contribution in [2.24, 2.45) is 0 Å². The summed E-state index contributed by atoms with van der Waals surface area (Å²) < 4.78 is 1.77. The van der Waals surface area contributed by atoms with Gasteiger partial charge >= 0.3 is 0 Å². The summed E-state index contributed by atoms with van der Waals surface area (Å²) in [5, 5.41) is 5.72. The van der Waals surface area contributed by atoms with Gasteiger partial charge in [0.2, 0.25) is 5.91 Å². The van der Waals surface area contributed by atoms with Gasteiger partial charge in [-0.25, -0.2) is 9.67 Å². The van der Waals surface area contributed by atoms with Crippen molar-refractivity contribution in [2.45, 2.75) is 33.9 Å². The molecule has 0 aliphatic carbocycles. The van der Waals surface area contributed by atoms with Gasteiger partial charge in [-0.05, 0) is 49.1 Å². The molecule has 1 aliphatic heterocycles. The van der Waals surface area contributed by atoms with Gasteiger partial charge < -0.3 is 4.90 Å². The molecule has 2 aromatic heterocycles. The molecule has 0 spiro atoms. The van der Waals surface area contributed by atoms with Crippen LogP contribution >= 0.6 is 0 Å². The van der Waals surface area contributed by atoms with Crippen molar-refractivity contribution in [1.29, 1.82) is 0 Å². The van der Waals surface area contributed by atoms with Gasteiger partial charge in [-0.3, -0.25) is 9.69 Å². The third-order valence-corrected chi connectivity index (χ3v) is 6.84. The molecule has 174 valence electrons. The topological polar surface area (TPSA) is 54.3 Å². The third-order valence-electron chi connectivity index (χ3n) is 6.84. The fourth-order valence-corrected chi connectivity index (χ4v) is 4.78. The van der Waals surface area contributed by atoms with Crippen LogP contribution in [0.5, 0.6) is 0 Å². The van der Waals surface area contributed by atoms with Gasteiger partial charge in [-0.15, -0.1) is 0 Å². The molecule has 5 rings (SSSR count). The number of aromatic nitrogens is 3. The number of carbonyl (C=O) groups excluding carboxylic acids is 1. The quantitative estimate of drug-likeness (QED) is 0.450. The first-order chi connectivity index (χ1) is 16.5. The molecular weight excluding hydrogens is 422 g/mol. The second kappa shape index (κ2) is 9.39. The van der Waals surface area contributed by atoms with E-state index in [1.54, 1.807) is 4.68 Å². The first kappa shape index (κ1) is 22.3. The van der Waals surface area contributed by atoms with Crippen molar-refractivity contribution in [1.82, 2.24) is 24.6 Å². The Balaban J connectivity index is 1.28. The van der Waals surface area contributed by atoms with Crippen molar-refractivity contribution in [3.63, 3.8) is 0 Å². The van der Waals surface area contributed by atoms with Crippen molar-refractivity contribution >= 4 is 16.9 Å². The predicted octanol–water partition coefficient (Wildman–Crippen LogP) is 4.37. The Labute approximate surface area is 200 Å². The summed E-state index contributed by atoms with van der Waals surface area (Å²) in [4.78, 5) is 22.1. The average Bonchev–Trinajstić information content (AvgIpc) is 3.17. The second-order valence-electron chi connectivity index (χ2n) is 9.25. The van der Waals surface area contributed by atoms with Crippen LogP contribution in [0.2, 0.25) is 0 Å². The average molecular weight is 454 g/mol. The maximum Gasteiger partial charge on any atom is 0.244 e. The maximum absolute atomic E-state index is 13.2. The highest BCUT2D eigenvalue weighted by Crippen LogP contribution is 2.30. The number of aryl methyl sites for hydroxylation is 3. The number of carbonyl (C=O) groups is 1. The zero-order valence-electron chi connectivity index (χ0n) is 20.2. The van der Waals surface area contributed by atoms with Crippen molar-refractivity contribution in [3.8, 4) is 11.1 Å². The Morgan fingerprint density at radius 2 is 1.65 bits per heavy atom. The summed E-state index contributed by atoms with van der Waals surface area (Å²) in [6, 6.07) is 19.0. The molecule has 6 heteroatoms. The molecule has 0 radical (unpaired) electrons. The van der Waals surface area contributed by atoms with E-state index < -0.39 is 0 Å². The van der Waals surface area contributed by atoms with Gasteiger partial charge in [0.15, 0.2) is 5.65 Å². The van der Waals surface area contributed by atoms with Gasteiger partial charge in [0.05, 0.1) is 5.69 Å². The van der Waals surface area contributed by atoms with E-state index in [1.807, 2.05) is 24.1 Å². The summed E-state index contributed by atoms with van der Waals surface area (Å²) in [6.07, 6.45) is 1.81. The van der Waals surface area contributed by atoms with Crippen LogP contribution < -0.4 is 0 Å². The molecule has 0 N–H and O–H groups in total. The van der Waals surface area contributed by atoms with E-state index in [0.717, 1.165) is 60.6 Å². The minimum Gasteiger partial charge on any atom is -0.339 e. The Hall–Kier alpha value is -3.51. The Bertz CT molecular complexity index is 1320. The van der Waals surface area contributed by atoms with Crippen molar-refractivity contribution in [3.05, 3.63) is 83.2 Å². The van der Waals surface area contributed by atoms with Gasteiger partial charge in [0, 0.05) is 44.3 Å². The number of hydrogen-bond acceptors (Lipinski definition) is 4. The van der Waals surface area contributed by atoms with Gasteiger partial charge in [0.1, 0.15) is 6.54 Å². The lowest BCUT2D eigenvalue weighted by atomic mass is 10.0. The lowest BCUT2D eigenvalue weighted by Crippen LogP contribution is -2.49.